The van der Waals surface area contributed by atoms with Gasteiger partial charge in [0.25, 0.3) is 0 Å². The number of nitrogens with zero attached hydrogens (tertiary/aromatic N) is 3. The number of nitrogens with one attached hydrogen (secondary N) is 1. The Morgan fingerprint density at radius 3 is 2.25 bits per heavy atom. The zero-order chi connectivity index (χ0) is 19.1. The number of hydrogen-bond donors (Lipinski definition) is 1. The second-order valence-electron chi connectivity index (χ2n) is 6.52. The van der Waals surface area contributed by atoms with Crippen molar-refractivity contribution >= 4 is 35.6 Å². The molecule has 7 heteroatoms. The number of benzene rings is 2. The number of ether oxygens (including phenoxy) is 1. The third kappa shape index (κ3) is 5.98. The topological polar surface area (TPSA) is 40.1 Å². The van der Waals surface area contributed by atoms with Crippen molar-refractivity contribution in [1.82, 2.24) is 10.2 Å². The Morgan fingerprint density at radius 1 is 1.04 bits per heavy atom. The maximum absolute atomic E-state index is 13.1. The third-order valence-corrected chi connectivity index (χ3v) is 4.84. The highest BCUT2D eigenvalue weighted by Gasteiger charge is 2.19. The standard InChI is InChI=1S/C21H27FN4O.HI/c1-23-21(24-12-11-17-3-9-20(27-2)10-4-17)26-15-13-25(14-16-26)19-7-5-18(22)6-8-19;/h3-10H,11-16H2,1-2H3,(H,23,24);1H. The zero-order valence-electron chi connectivity index (χ0n) is 16.4. The van der Waals surface area contributed by atoms with Gasteiger partial charge in [-0.1, -0.05) is 12.1 Å². The molecule has 0 radical (unpaired) electrons. The molecule has 2 aromatic rings. The summed E-state index contributed by atoms with van der Waals surface area (Å²) in [5.41, 5.74) is 2.33. The van der Waals surface area contributed by atoms with E-state index in [-0.39, 0.29) is 29.8 Å². The van der Waals surface area contributed by atoms with Crippen LogP contribution in [0, 0.1) is 5.82 Å². The maximum atomic E-state index is 13.1. The fraction of sp³-hybridized carbons (Fsp3) is 0.381. The summed E-state index contributed by atoms with van der Waals surface area (Å²) in [6.07, 6.45) is 0.929. The fourth-order valence-electron chi connectivity index (χ4n) is 3.27. The Bertz CT molecular complexity index is 744. The van der Waals surface area contributed by atoms with Crippen molar-refractivity contribution in [3.63, 3.8) is 0 Å². The van der Waals surface area contributed by atoms with Gasteiger partial charge in [-0.05, 0) is 48.4 Å². The summed E-state index contributed by atoms with van der Waals surface area (Å²) < 4.78 is 18.3. The number of guanidine groups is 1. The van der Waals surface area contributed by atoms with Crippen LogP contribution in [0.2, 0.25) is 0 Å². The minimum absolute atomic E-state index is 0. The van der Waals surface area contributed by atoms with Gasteiger partial charge < -0.3 is 19.9 Å². The van der Waals surface area contributed by atoms with Crippen molar-refractivity contribution in [3.8, 4) is 5.75 Å². The van der Waals surface area contributed by atoms with E-state index >= 15 is 0 Å². The number of hydrogen-bond acceptors (Lipinski definition) is 3. The smallest absolute Gasteiger partial charge is 0.193 e. The quantitative estimate of drug-likeness (QED) is 0.390. The van der Waals surface area contributed by atoms with Crippen LogP contribution in [0.25, 0.3) is 0 Å². The van der Waals surface area contributed by atoms with Gasteiger partial charge in [0.2, 0.25) is 0 Å². The van der Waals surface area contributed by atoms with Gasteiger partial charge in [-0.3, -0.25) is 4.99 Å². The number of halogens is 2. The Balaban J connectivity index is 0.00000280. The Morgan fingerprint density at radius 2 is 1.68 bits per heavy atom. The fourth-order valence-corrected chi connectivity index (χ4v) is 3.27. The number of methoxy groups -OCH3 is 1. The highest BCUT2D eigenvalue weighted by atomic mass is 127. The molecule has 0 amide bonds. The van der Waals surface area contributed by atoms with Crippen molar-refractivity contribution in [3.05, 3.63) is 59.9 Å². The SMILES string of the molecule is CN=C(NCCc1ccc(OC)cc1)N1CCN(c2ccc(F)cc2)CC1.I. The molecule has 0 bridgehead atoms. The summed E-state index contributed by atoms with van der Waals surface area (Å²) in [7, 11) is 3.50. The summed E-state index contributed by atoms with van der Waals surface area (Å²) in [5.74, 6) is 1.61. The monoisotopic (exact) mass is 498 g/mol. The van der Waals surface area contributed by atoms with Crippen LogP contribution in [-0.4, -0.2) is 57.7 Å². The minimum Gasteiger partial charge on any atom is -0.497 e. The summed E-state index contributed by atoms with van der Waals surface area (Å²) in [6, 6.07) is 14.9. The van der Waals surface area contributed by atoms with Crippen LogP contribution < -0.4 is 15.0 Å². The van der Waals surface area contributed by atoms with E-state index in [1.54, 1.807) is 7.11 Å². The minimum atomic E-state index is -0.196. The van der Waals surface area contributed by atoms with Crippen LogP contribution in [-0.2, 0) is 6.42 Å². The summed E-state index contributed by atoms with van der Waals surface area (Å²) >= 11 is 0. The van der Waals surface area contributed by atoms with Gasteiger partial charge in [0.15, 0.2) is 5.96 Å². The van der Waals surface area contributed by atoms with E-state index in [1.807, 2.05) is 31.3 Å². The van der Waals surface area contributed by atoms with Crippen LogP contribution in [0.3, 0.4) is 0 Å². The van der Waals surface area contributed by atoms with Crippen molar-refractivity contribution in [1.29, 1.82) is 0 Å². The van der Waals surface area contributed by atoms with Crippen LogP contribution in [0.5, 0.6) is 5.75 Å². The first-order valence-electron chi connectivity index (χ1n) is 9.28. The number of piperazine rings is 1. The summed E-state index contributed by atoms with van der Waals surface area (Å²) in [6.45, 7) is 4.39. The van der Waals surface area contributed by atoms with Gasteiger partial charge in [0.05, 0.1) is 7.11 Å². The molecule has 28 heavy (non-hydrogen) atoms. The third-order valence-electron chi connectivity index (χ3n) is 4.84. The lowest BCUT2D eigenvalue weighted by Gasteiger charge is -2.37. The molecular weight excluding hydrogens is 470 g/mol. The van der Waals surface area contributed by atoms with E-state index < -0.39 is 0 Å². The molecule has 1 aliphatic heterocycles. The molecule has 1 fully saturated rings. The van der Waals surface area contributed by atoms with E-state index in [4.69, 9.17) is 4.74 Å². The highest BCUT2D eigenvalue weighted by Crippen LogP contribution is 2.17. The van der Waals surface area contributed by atoms with E-state index in [1.165, 1.54) is 17.7 Å². The van der Waals surface area contributed by atoms with Crippen molar-refractivity contribution in [2.24, 2.45) is 4.99 Å². The number of anilines is 1. The molecule has 0 aliphatic carbocycles. The van der Waals surface area contributed by atoms with Gasteiger partial charge in [-0.25, -0.2) is 4.39 Å². The molecule has 5 nitrogen and oxygen atoms in total. The lowest BCUT2D eigenvalue weighted by atomic mass is 10.1. The van der Waals surface area contributed by atoms with Crippen molar-refractivity contribution < 1.29 is 9.13 Å². The molecular formula is C21H28FIN4O. The highest BCUT2D eigenvalue weighted by molar-refractivity contribution is 14.0. The summed E-state index contributed by atoms with van der Waals surface area (Å²) in [4.78, 5) is 8.97. The molecule has 0 saturated carbocycles. The van der Waals surface area contributed by atoms with Crippen molar-refractivity contribution in [2.45, 2.75) is 6.42 Å². The first-order chi connectivity index (χ1) is 13.2. The van der Waals surface area contributed by atoms with E-state index in [0.717, 1.165) is 56.5 Å². The van der Waals surface area contributed by atoms with Gasteiger partial charge in [0.1, 0.15) is 11.6 Å². The first kappa shape index (κ1) is 22.3. The van der Waals surface area contributed by atoms with Gasteiger partial charge in [0, 0.05) is 45.5 Å². The first-order valence-corrected chi connectivity index (χ1v) is 9.28. The summed E-state index contributed by atoms with van der Waals surface area (Å²) in [5, 5.41) is 3.45. The molecule has 0 unspecified atom stereocenters. The van der Waals surface area contributed by atoms with Crippen LogP contribution >= 0.6 is 24.0 Å². The average molecular weight is 498 g/mol. The van der Waals surface area contributed by atoms with Gasteiger partial charge in [-0.2, -0.15) is 0 Å². The Kier molecular flexibility index (Phi) is 8.82. The second kappa shape index (κ2) is 11.1. The molecule has 1 N–H and O–H groups in total. The number of rotatable bonds is 5. The maximum Gasteiger partial charge on any atom is 0.193 e. The van der Waals surface area contributed by atoms with Crippen molar-refractivity contribution in [2.75, 3.05) is 51.8 Å². The van der Waals surface area contributed by atoms with E-state index in [0.29, 0.717) is 0 Å². The average Bonchev–Trinajstić information content (AvgIpc) is 2.72. The molecule has 1 heterocycles. The van der Waals surface area contributed by atoms with Crippen LogP contribution in [0.15, 0.2) is 53.5 Å². The molecule has 0 spiro atoms. The lowest BCUT2D eigenvalue weighted by molar-refractivity contribution is 0.373. The van der Waals surface area contributed by atoms with E-state index in [9.17, 15) is 4.39 Å². The second-order valence-corrected chi connectivity index (χ2v) is 6.52. The molecule has 1 saturated heterocycles. The van der Waals surface area contributed by atoms with Gasteiger partial charge >= 0.3 is 0 Å². The lowest BCUT2D eigenvalue weighted by Crippen LogP contribution is -2.52. The molecule has 3 rings (SSSR count). The predicted octanol–water partition coefficient (Wildman–Crippen LogP) is 3.39. The molecule has 0 atom stereocenters. The normalized spacial score (nSPS) is 14.5. The molecule has 152 valence electrons. The zero-order valence-corrected chi connectivity index (χ0v) is 18.7. The molecule has 2 aromatic carbocycles. The van der Waals surface area contributed by atoms with Crippen LogP contribution in [0.4, 0.5) is 10.1 Å². The van der Waals surface area contributed by atoms with E-state index in [2.05, 4.69) is 32.2 Å². The van der Waals surface area contributed by atoms with Crippen LogP contribution in [0.1, 0.15) is 5.56 Å². The predicted molar refractivity (Wildman–Crippen MR) is 124 cm³/mol. The largest absolute Gasteiger partial charge is 0.497 e. The number of aliphatic imine (C=N–C) groups is 1. The Hall–Kier alpha value is -2.03. The molecule has 0 aromatic heterocycles. The molecule has 1 aliphatic rings. The Labute approximate surface area is 183 Å². The van der Waals surface area contributed by atoms with Gasteiger partial charge in [-0.15, -0.1) is 24.0 Å².